The van der Waals surface area contributed by atoms with Gasteiger partial charge < -0.3 is 5.32 Å². The summed E-state index contributed by atoms with van der Waals surface area (Å²) in [5.41, 5.74) is 4.47. The first-order chi connectivity index (χ1) is 13.9. The van der Waals surface area contributed by atoms with Gasteiger partial charge in [0.25, 0.3) is 0 Å². The average Bonchev–Trinajstić information content (AvgIpc) is 3.09. The Hall–Kier alpha value is -2.53. The highest BCUT2D eigenvalue weighted by atomic mass is 19.1. The fourth-order valence-corrected chi connectivity index (χ4v) is 2.30. The Morgan fingerprint density at radius 2 is 1.83 bits per heavy atom. The van der Waals surface area contributed by atoms with Gasteiger partial charge in [-0.25, -0.2) is 4.39 Å². The molecule has 0 aromatic carbocycles. The lowest BCUT2D eigenvalue weighted by atomic mass is 10.0. The minimum Gasteiger partial charge on any atom is -0.329 e. The van der Waals surface area contributed by atoms with E-state index in [0.717, 1.165) is 48.3 Å². The molecule has 0 saturated carbocycles. The number of hydrogen-bond donors (Lipinski definition) is 1. The van der Waals surface area contributed by atoms with Crippen LogP contribution in [0.2, 0.25) is 0 Å². The van der Waals surface area contributed by atoms with Gasteiger partial charge in [0.15, 0.2) is 0 Å². The van der Waals surface area contributed by atoms with Gasteiger partial charge in [-0.05, 0) is 42.3 Å². The monoisotopic (exact) mass is 403 g/mol. The van der Waals surface area contributed by atoms with Crippen molar-refractivity contribution in [3.05, 3.63) is 78.1 Å². The van der Waals surface area contributed by atoms with E-state index in [4.69, 9.17) is 0 Å². The van der Waals surface area contributed by atoms with Crippen molar-refractivity contribution in [2.24, 2.45) is 0 Å². The first-order valence-electron chi connectivity index (χ1n) is 10.1. The van der Waals surface area contributed by atoms with Crippen LogP contribution in [0.15, 0.2) is 61.0 Å². The highest BCUT2D eigenvalue weighted by Crippen LogP contribution is 2.19. The third-order valence-electron chi connectivity index (χ3n) is 3.62. The molecule has 29 heavy (non-hydrogen) atoms. The topological polar surface area (TPSA) is 45.2 Å². The van der Waals surface area contributed by atoms with E-state index in [0.29, 0.717) is 12.1 Å². The van der Waals surface area contributed by atoms with E-state index in [-0.39, 0.29) is 5.82 Å². The summed E-state index contributed by atoms with van der Waals surface area (Å²) in [6, 6.07) is 1.56. The number of rotatable bonds is 7. The van der Waals surface area contributed by atoms with Gasteiger partial charge in [0.05, 0.1) is 11.9 Å². The summed E-state index contributed by atoms with van der Waals surface area (Å²) in [7, 11) is 2.00. The predicted octanol–water partition coefficient (Wildman–Crippen LogP) is 5.93. The van der Waals surface area contributed by atoms with E-state index < -0.39 is 0 Å². The summed E-state index contributed by atoms with van der Waals surface area (Å²) in [6.45, 7) is 23.1. The fraction of sp³-hybridized carbons (Fsp3) is 0.417. The number of carbonyl (C=O) groups excluding carboxylic acids is 1. The molecular weight excluding hydrogens is 365 g/mol. The van der Waals surface area contributed by atoms with E-state index in [2.05, 4.69) is 41.9 Å². The molecule has 1 aliphatic heterocycles. The first kappa shape index (κ1) is 28.7. The van der Waals surface area contributed by atoms with E-state index in [1.807, 2.05) is 34.7 Å². The van der Waals surface area contributed by atoms with Crippen molar-refractivity contribution >= 4 is 6.41 Å². The molecule has 4 nitrogen and oxygen atoms in total. The molecule has 162 valence electrons. The zero-order valence-corrected chi connectivity index (χ0v) is 19.0. The van der Waals surface area contributed by atoms with Crippen LogP contribution < -0.4 is 5.32 Å². The molecule has 0 bridgehead atoms. The van der Waals surface area contributed by atoms with Gasteiger partial charge in [0, 0.05) is 18.8 Å². The maximum Gasteiger partial charge on any atom is 0.211 e. The second-order valence-corrected chi connectivity index (χ2v) is 5.93. The number of carbonyl (C=O) groups is 1. The lowest BCUT2D eigenvalue weighted by molar-refractivity contribution is -0.108. The molecule has 0 saturated heterocycles. The normalized spacial score (nSPS) is 11.6. The maximum absolute atomic E-state index is 12.6. The number of nitrogens with zero attached hydrogens (tertiary/aromatic N) is 2. The standard InChI is InChI=1S/C12H17NO.C8H9FN2.2C2H6/c1-5-6-10(2)11(3)7-8-12(4)13-9-14;1-11-4-6-2-7(9)3-10-8(6)5-11;2*1-2/h7-9H,2-6H2,1H3,(H,13,14);2-3H,4-5H2,1H3;2*1-2H3/b8-7-;;;. The Labute approximate surface area is 176 Å². The summed E-state index contributed by atoms with van der Waals surface area (Å²) in [5.74, 6) is -0.237. The van der Waals surface area contributed by atoms with Gasteiger partial charge >= 0.3 is 0 Å². The van der Waals surface area contributed by atoms with Gasteiger partial charge in [-0.1, -0.05) is 66.9 Å². The number of pyridine rings is 1. The molecule has 1 aromatic rings. The van der Waals surface area contributed by atoms with Crippen LogP contribution in [-0.4, -0.2) is 23.3 Å². The zero-order chi connectivity index (χ0) is 22.8. The Morgan fingerprint density at radius 3 is 2.38 bits per heavy atom. The SMILES string of the molecule is C=C(/C=C\C(=C)C(=C)CCC)NC=O.CC.CC.CN1Cc2cc(F)cnc2C1. The summed E-state index contributed by atoms with van der Waals surface area (Å²) < 4.78 is 12.6. The maximum atomic E-state index is 12.6. The Balaban J connectivity index is 0. The number of amides is 1. The van der Waals surface area contributed by atoms with E-state index in [1.165, 1.54) is 6.20 Å². The molecule has 1 amide bonds. The highest BCUT2D eigenvalue weighted by Gasteiger charge is 2.16. The molecule has 5 heteroatoms. The van der Waals surface area contributed by atoms with Crippen molar-refractivity contribution in [2.75, 3.05) is 7.05 Å². The van der Waals surface area contributed by atoms with Crippen LogP contribution >= 0.6 is 0 Å². The third kappa shape index (κ3) is 12.5. The van der Waals surface area contributed by atoms with Crippen LogP contribution in [0.3, 0.4) is 0 Å². The number of aromatic nitrogens is 1. The number of allylic oxidation sites excluding steroid dienone is 4. The predicted molar refractivity (Wildman–Crippen MR) is 123 cm³/mol. The summed E-state index contributed by atoms with van der Waals surface area (Å²) >= 11 is 0. The minimum atomic E-state index is -0.237. The highest BCUT2D eigenvalue weighted by molar-refractivity contribution is 5.52. The molecule has 1 aromatic heterocycles. The minimum absolute atomic E-state index is 0.237. The number of hydrogen-bond acceptors (Lipinski definition) is 3. The van der Waals surface area contributed by atoms with Crippen molar-refractivity contribution in [2.45, 2.75) is 60.5 Å². The van der Waals surface area contributed by atoms with Crippen molar-refractivity contribution in [3.63, 3.8) is 0 Å². The van der Waals surface area contributed by atoms with Crippen molar-refractivity contribution in [3.8, 4) is 0 Å². The smallest absolute Gasteiger partial charge is 0.211 e. The number of halogens is 1. The molecular formula is C24H38FN3O. The van der Waals surface area contributed by atoms with Gasteiger partial charge in [0.2, 0.25) is 6.41 Å². The number of fused-ring (bicyclic) bond motifs is 1. The van der Waals surface area contributed by atoms with Crippen molar-refractivity contribution in [1.82, 2.24) is 15.2 Å². The molecule has 2 rings (SSSR count). The molecule has 2 heterocycles. The van der Waals surface area contributed by atoms with Crippen LogP contribution in [-0.2, 0) is 17.9 Å². The van der Waals surface area contributed by atoms with Gasteiger partial charge in [-0.15, -0.1) is 0 Å². The molecule has 0 atom stereocenters. The molecule has 1 N–H and O–H groups in total. The third-order valence-corrected chi connectivity index (χ3v) is 3.62. The quantitative estimate of drug-likeness (QED) is 0.453. The first-order valence-corrected chi connectivity index (χ1v) is 10.1. The Morgan fingerprint density at radius 1 is 1.21 bits per heavy atom. The van der Waals surface area contributed by atoms with E-state index in [1.54, 1.807) is 18.2 Å². The second-order valence-electron chi connectivity index (χ2n) is 5.93. The Bertz CT molecular complexity index is 681. The molecule has 1 aliphatic rings. The molecule has 0 radical (unpaired) electrons. The molecule has 0 unspecified atom stereocenters. The average molecular weight is 404 g/mol. The van der Waals surface area contributed by atoms with Gasteiger partial charge in [-0.3, -0.25) is 14.7 Å². The van der Waals surface area contributed by atoms with E-state index >= 15 is 0 Å². The molecule has 0 fully saturated rings. The van der Waals surface area contributed by atoms with Crippen molar-refractivity contribution in [1.29, 1.82) is 0 Å². The summed E-state index contributed by atoms with van der Waals surface area (Å²) in [4.78, 5) is 16.2. The molecule has 0 spiro atoms. The fourth-order valence-electron chi connectivity index (χ4n) is 2.30. The summed E-state index contributed by atoms with van der Waals surface area (Å²) in [6.07, 6.45) is 7.37. The lowest BCUT2D eigenvalue weighted by Crippen LogP contribution is -2.07. The molecule has 0 aliphatic carbocycles. The van der Waals surface area contributed by atoms with Gasteiger partial charge in [-0.2, -0.15) is 0 Å². The van der Waals surface area contributed by atoms with Crippen LogP contribution in [0, 0.1) is 5.82 Å². The number of nitrogens with one attached hydrogen (secondary N) is 1. The zero-order valence-electron chi connectivity index (χ0n) is 19.0. The van der Waals surface area contributed by atoms with Crippen LogP contribution in [0.5, 0.6) is 0 Å². The second kappa shape index (κ2) is 17.6. The largest absolute Gasteiger partial charge is 0.329 e. The van der Waals surface area contributed by atoms with Crippen LogP contribution in [0.25, 0.3) is 0 Å². The van der Waals surface area contributed by atoms with Crippen LogP contribution in [0.1, 0.15) is 58.7 Å². The Kier molecular flexibility index (Phi) is 17.4. The lowest BCUT2D eigenvalue weighted by Gasteiger charge is -2.02. The van der Waals surface area contributed by atoms with Crippen molar-refractivity contribution < 1.29 is 9.18 Å². The van der Waals surface area contributed by atoms with E-state index in [9.17, 15) is 9.18 Å². The summed E-state index contributed by atoms with van der Waals surface area (Å²) in [5, 5.41) is 2.44. The van der Waals surface area contributed by atoms with Gasteiger partial charge in [0.1, 0.15) is 5.82 Å². The van der Waals surface area contributed by atoms with Crippen LogP contribution in [0.4, 0.5) is 4.39 Å².